The number of amides is 1. The van der Waals surface area contributed by atoms with Crippen molar-refractivity contribution in [2.45, 2.75) is 19.0 Å². The summed E-state index contributed by atoms with van der Waals surface area (Å²) in [5, 5.41) is 9.14. The second kappa shape index (κ2) is 7.51. The highest BCUT2D eigenvalue weighted by molar-refractivity contribution is 7.99. The van der Waals surface area contributed by atoms with Crippen LogP contribution in [0.3, 0.4) is 0 Å². The van der Waals surface area contributed by atoms with E-state index in [-0.39, 0.29) is 11.7 Å². The number of benzene rings is 1. The first kappa shape index (κ1) is 16.6. The quantitative estimate of drug-likeness (QED) is 0.645. The Bertz CT molecular complexity index is 656. The number of nitrogen functional groups attached to an aromatic ring is 1. The summed E-state index contributed by atoms with van der Waals surface area (Å²) in [7, 11) is 0. The summed E-state index contributed by atoms with van der Waals surface area (Å²) in [6, 6.07) is 7.28. The molecular weight excluding hydrogens is 322 g/mol. The van der Waals surface area contributed by atoms with Gasteiger partial charge >= 0.3 is 0 Å². The molecule has 0 atom stereocenters. The van der Waals surface area contributed by atoms with Crippen LogP contribution in [0.1, 0.15) is 13.8 Å². The van der Waals surface area contributed by atoms with E-state index in [9.17, 15) is 4.79 Å². The molecule has 0 saturated heterocycles. The number of nitrogens with two attached hydrogens (primary N) is 1. The van der Waals surface area contributed by atoms with E-state index in [1.54, 1.807) is 11.0 Å². The van der Waals surface area contributed by atoms with E-state index in [2.05, 4.69) is 10.2 Å². The maximum absolute atomic E-state index is 12.0. The number of hydrogen-bond acceptors (Lipinski definition) is 5. The second-order valence-electron chi connectivity index (χ2n) is 4.51. The number of hydrogen-bond donors (Lipinski definition) is 1. The van der Waals surface area contributed by atoms with E-state index in [0.717, 1.165) is 0 Å². The molecule has 1 heterocycles. The summed E-state index contributed by atoms with van der Waals surface area (Å²) in [6.45, 7) is 5.28. The molecule has 0 fully saturated rings. The van der Waals surface area contributed by atoms with Gasteiger partial charge in [-0.05, 0) is 26.0 Å². The first-order valence-electron chi connectivity index (χ1n) is 6.94. The lowest BCUT2D eigenvalue weighted by Crippen LogP contribution is -2.32. The molecule has 0 aliphatic carbocycles. The lowest BCUT2D eigenvalue weighted by molar-refractivity contribution is -0.127. The smallest absolute Gasteiger partial charge is 0.233 e. The first-order valence-corrected chi connectivity index (χ1v) is 8.30. The fraction of sp³-hybridized carbons (Fsp3) is 0.357. The Labute approximate surface area is 138 Å². The third-order valence-electron chi connectivity index (χ3n) is 3.22. The summed E-state index contributed by atoms with van der Waals surface area (Å²) in [6.07, 6.45) is 0. The third-order valence-corrected chi connectivity index (χ3v) is 4.48. The predicted molar refractivity (Wildman–Crippen MR) is 89.3 cm³/mol. The van der Waals surface area contributed by atoms with Crippen LogP contribution in [-0.4, -0.2) is 44.5 Å². The van der Waals surface area contributed by atoms with Crippen LogP contribution in [-0.2, 0) is 4.79 Å². The van der Waals surface area contributed by atoms with Gasteiger partial charge in [-0.15, -0.1) is 10.2 Å². The summed E-state index contributed by atoms with van der Waals surface area (Å²) < 4.78 is 1.36. The van der Waals surface area contributed by atoms with E-state index in [0.29, 0.717) is 34.7 Å². The fourth-order valence-corrected chi connectivity index (χ4v) is 2.98. The zero-order valence-corrected chi connectivity index (χ0v) is 14.1. The number of carbonyl (C=O) groups is 1. The van der Waals surface area contributed by atoms with E-state index < -0.39 is 0 Å². The molecule has 2 rings (SSSR count). The molecule has 0 spiro atoms. The van der Waals surface area contributed by atoms with Gasteiger partial charge in [0.15, 0.2) is 5.82 Å². The van der Waals surface area contributed by atoms with E-state index >= 15 is 0 Å². The molecule has 6 nitrogen and oxygen atoms in total. The molecule has 1 amide bonds. The highest BCUT2D eigenvalue weighted by Crippen LogP contribution is 2.27. The summed E-state index contributed by atoms with van der Waals surface area (Å²) in [5.74, 6) is 6.82. The van der Waals surface area contributed by atoms with Gasteiger partial charge in [-0.25, -0.2) is 4.68 Å². The number of carbonyl (C=O) groups excluding carboxylic acids is 1. The molecule has 0 saturated carbocycles. The van der Waals surface area contributed by atoms with Crippen LogP contribution in [0.4, 0.5) is 0 Å². The monoisotopic (exact) mass is 339 g/mol. The van der Waals surface area contributed by atoms with Crippen LogP contribution in [0.5, 0.6) is 0 Å². The van der Waals surface area contributed by atoms with Crippen LogP contribution < -0.4 is 5.84 Å². The van der Waals surface area contributed by atoms with Crippen molar-refractivity contribution < 1.29 is 4.79 Å². The lowest BCUT2D eigenvalue weighted by Gasteiger charge is -2.17. The maximum atomic E-state index is 12.0. The van der Waals surface area contributed by atoms with Gasteiger partial charge in [0.05, 0.1) is 10.8 Å². The number of halogens is 1. The SMILES string of the molecule is CCN(CC)C(=O)CSc1nnc(-c2ccccc2Cl)n1N. The largest absolute Gasteiger partial charge is 0.343 e. The Hall–Kier alpha value is -1.73. The normalized spacial score (nSPS) is 10.7. The van der Waals surface area contributed by atoms with Crippen molar-refractivity contribution in [2.24, 2.45) is 0 Å². The molecule has 0 bridgehead atoms. The minimum absolute atomic E-state index is 0.0530. The second-order valence-corrected chi connectivity index (χ2v) is 5.86. The van der Waals surface area contributed by atoms with E-state index in [4.69, 9.17) is 17.4 Å². The minimum Gasteiger partial charge on any atom is -0.343 e. The molecule has 1 aromatic carbocycles. The van der Waals surface area contributed by atoms with Gasteiger partial charge in [-0.2, -0.15) is 0 Å². The van der Waals surface area contributed by atoms with Crippen molar-refractivity contribution in [1.82, 2.24) is 19.8 Å². The zero-order chi connectivity index (χ0) is 16.1. The molecule has 2 aromatic rings. The van der Waals surface area contributed by atoms with Crippen LogP contribution in [0, 0.1) is 0 Å². The molecule has 2 N–H and O–H groups in total. The molecule has 0 unspecified atom stereocenters. The summed E-state index contributed by atoms with van der Waals surface area (Å²) in [4.78, 5) is 13.8. The average molecular weight is 340 g/mol. The molecule has 8 heteroatoms. The minimum atomic E-state index is 0.0530. The standard InChI is InChI=1S/C14H18ClN5OS/c1-3-19(4-2)12(21)9-22-14-18-17-13(20(14)16)10-7-5-6-8-11(10)15/h5-8H,3-4,9,16H2,1-2H3. The number of rotatable bonds is 6. The molecular formula is C14H18ClN5OS. The maximum Gasteiger partial charge on any atom is 0.233 e. The predicted octanol–water partition coefficient (Wildman–Crippen LogP) is 2.27. The molecule has 22 heavy (non-hydrogen) atoms. The van der Waals surface area contributed by atoms with E-state index in [1.807, 2.05) is 32.0 Å². The Kier molecular flexibility index (Phi) is 5.68. The molecule has 0 aliphatic rings. The topological polar surface area (TPSA) is 77.0 Å². The van der Waals surface area contributed by atoms with Crippen molar-refractivity contribution in [1.29, 1.82) is 0 Å². The van der Waals surface area contributed by atoms with Crippen LogP contribution >= 0.6 is 23.4 Å². The Morgan fingerprint density at radius 2 is 2.00 bits per heavy atom. The summed E-state index contributed by atoms with van der Waals surface area (Å²) in [5.41, 5.74) is 0.709. The van der Waals surface area contributed by atoms with Crippen molar-refractivity contribution in [3.8, 4) is 11.4 Å². The number of aromatic nitrogens is 3. The highest BCUT2D eigenvalue weighted by atomic mass is 35.5. The molecule has 0 aliphatic heterocycles. The van der Waals surface area contributed by atoms with Gasteiger partial charge < -0.3 is 10.7 Å². The lowest BCUT2D eigenvalue weighted by atomic mass is 10.2. The van der Waals surface area contributed by atoms with Gasteiger partial charge in [-0.3, -0.25) is 4.79 Å². The van der Waals surface area contributed by atoms with Crippen molar-refractivity contribution in [3.63, 3.8) is 0 Å². The number of thioether (sulfide) groups is 1. The van der Waals surface area contributed by atoms with Gasteiger partial charge in [0.2, 0.25) is 11.1 Å². The van der Waals surface area contributed by atoms with Gasteiger partial charge in [0, 0.05) is 18.7 Å². The Morgan fingerprint density at radius 1 is 1.32 bits per heavy atom. The molecule has 118 valence electrons. The van der Waals surface area contributed by atoms with Gasteiger partial charge in [0.1, 0.15) is 0 Å². The zero-order valence-electron chi connectivity index (χ0n) is 12.5. The van der Waals surface area contributed by atoms with E-state index in [1.165, 1.54) is 16.4 Å². The van der Waals surface area contributed by atoms with Crippen LogP contribution in [0.15, 0.2) is 29.4 Å². The summed E-state index contributed by atoms with van der Waals surface area (Å²) >= 11 is 7.41. The third kappa shape index (κ3) is 3.53. The highest BCUT2D eigenvalue weighted by Gasteiger charge is 2.17. The van der Waals surface area contributed by atoms with Gasteiger partial charge in [-0.1, -0.05) is 35.5 Å². The Morgan fingerprint density at radius 3 is 2.64 bits per heavy atom. The average Bonchev–Trinajstić information content (AvgIpc) is 2.88. The molecule has 1 aromatic heterocycles. The molecule has 0 radical (unpaired) electrons. The first-order chi connectivity index (χ1) is 10.6. The Balaban J connectivity index is 2.12. The van der Waals surface area contributed by atoms with Gasteiger partial charge in [0.25, 0.3) is 0 Å². The fourth-order valence-electron chi connectivity index (χ4n) is 2.00. The van der Waals surface area contributed by atoms with Crippen molar-refractivity contribution in [3.05, 3.63) is 29.3 Å². The van der Waals surface area contributed by atoms with Crippen LogP contribution in [0.25, 0.3) is 11.4 Å². The number of nitrogens with zero attached hydrogens (tertiary/aromatic N) is 4. The van der Waals surface area contributed by atoms with Crippen molar-refractivity contribution >= 4 is 29.3 Å². The van der Waals surface area contributed by atoms with Crippen molar-refractivity contribution in [2.75, 3.05) is 24.7 Å². The van der Waals surface area contributed by atoms with Crippen LogP contribution in [0.2, 0.25) is 5.02 Å².